The van der Waals surface area contributed by atoms with Crippen molar-refractivity contribution in [2.45, 2.75) is 6.42 Å². The number of aromatic carboxylic acids is 1. The summed E-state index contributed by atoms with van der Waals surface area (Å²) >= 11 is 12.3. The number of carboxylic acid groups (broad SMARTS) is 1. The Kier molecular flexibility index (Phi) is 5.62. The summed E-state index contributed by atoms with van der Waals surface area (Å²) in [5, 5.41) is 10.3. The fraction of sp³-hybridized carbons (Fsp3) is 0.158. The lowest BCUT2D eigenvalue weighted by molar-refractivity contribution is 0.0695. The number of halogens is 2. The van der Waals surface area contributed by atoms with Gasteiger partial charge in [0.2, 0.25) is 15.5 Å². The number of rotatable bonds is 5. The maximum Gasteiger partial charge on any atom is 0.341 e. The molecule has 152 valence electrons. The van der Waals surface area contributed by atoms with Crippen LogP contribution in [0.25, 0.3) is 10.9 Å². The molecule has 10 heteroatoms. The van der Waals surface area contributed by atoms with Gasteiger partial charge < -0.3 is 5.11 Å². The van der Waals surface area contributed by atoms with Crippen molar-refractivity contribution in [2.24, 2.45) is 0 Å². The second-order valence-electron chi connectivity index (χ2n) is 6.46. The van der Waals surface area contributed by atoms with E-state index in [1.165, 1.54) is 13.1 Å². The van der Waals surface area contributed by atoms with Crippen molar-refractivity contribution < 1.29 is 18.3 Å². The number of nitrogens with zero attached hydrogens (tertiary/aromatic N) is 2. The second kappa shape index (κ2) is 7.70. The van der Waals surface area contributed by atoms with E-state index in [2.05, 4.69) is 0 Å². The van der Waals surface area contributed by atoms with E-state index in [-0.39, 0.29) is 10.9 Å². The van der Waals surface area contributed by atoms with Gasteiger partial charge in [-0.15, -0.1) is 0 Å². The highest BCUT2D eigenvalue weighted by Gasteiger charge is 2.20. The predicted octanol–water partition coefficient (Wildman–Crippen LogP) is 3.12. The van der Waals surface area contributed by atoms with Gasteiger partial charge in [-0.2, -0.15) is 0 Å². The van der Waals surface area contributed by atoms with E-state index in [0.29, 0.717) is 22.0 Å². The quantitative estimate of drug-likeness (QED) is 0.638. The maximum atomic E-state index is 12.7. The van der Waals surface area contributed by atoms with E-state index in [1.54, 1.807) is 30.3 Å². The minimum absolute atomic E-state index is 0.0797. The third-order valence-corrected chi connectivity index (χ3v) is 6.48. The van der Waals surface area contributed by atoms with E-state index in [9.17, 15) is 23.1 Å². The van der Waals surface area contributed by atoms with Gasteiger partial charge in [-0.25, -0.2) is 17.6 Å². The molecule has 1 N–H and O–H groups in total. The van der Waals surface area contributed by atoms with Crippen LogP contribution in [0.5, 0.6) is 0 Å². The molecule has 7 nitrogen and oxygen atoms in total. The van der Waals surface area contributed by atoms with Crippen molar-refractivity contribution in [3.8, 4) is 0 Å². The van der Waals surface area contributed by atoms with Crippen LogP contribution in [-0.2, 0) is 16.4 Å². The molecule has 0 amide bonds. The van der Waals surface area contributed by atoms with Gasteiger partial charge in [0.15, 0.2) is 0 Å². The van der Waals surface area contributed by atoms with Crippen LogP contribution in [-0.4, -0.2) is 37.5 Å². The van der Waals surface area contributed by atoms with Crippen molar-refractivity contribution >= 4 is 50.1 Å². The van der Waals surface area contributed by atoms with Crippen molar-refractivity contribution in [1.29, 1.82) is 0 Å². The molecule has 0 atom stereocenters. The first-order chi connectivity index (χ1) is 13.5. The summed E-state index contributed by atoms with van der Waals surface area (Å²) < 4.78 is 25.9. The minimum atomic E-state index is -3.70. The summed E-state index contributed by atoms with van der Waals surface area (Å²) in [6.07, 6.45) is 2.34. The number of pyridine rings is 1. The number of hydrogen-bond acceptors (Lipinski definition) is 4. The predicted molar refractivity (Wildman–Crippen MR) is 113 cm³/mol. The third kappa shape index (κ3) is 4.10. The lowest BCUT2D eigenvalue weighted by Crippen LogP contribution is -2.37. The molecule has 3 aromatic rings. The van der Waals surface area contributed by atoms with Crippen LogP contribution in [0.2, 0.25) is 10.0 Å². The molecular weight excluding hydrogens is 439 g/mol. The largest absolute Gasteiger partial charge is 0.477 e. The van der Waals surface area contributed by atoms with Crippen LogP contribution >= 0.6 is 23.2 Å². The SMILES string of the molecule is CN(n1cc(C(=O)O)c(=O)c2cc(Cc3cccc(Cl)c3Cl)ccc21)S(C)(=O)=O. The van der Waals surface area contributed by atoms with Crippen LogP contribution in [0.3, 0.4) is 0 Å². The Balaban J connectivity index is 2.24. The molecular formula is C19H16Cl2N2O5S. The molecule has 29 heavy (non-hydrogen) atoms. The normalized spacial score (nSPS) is 11.6. The van der Waals surface area contributed by atoms with Crippen molar-refractivity contribution in [3.05, 3.63) is 79.6 Å². The van der Waals surface area contributed by atoms with E-state index in [0.717, 1.165) is 27.1 Å². The average Bonchev–Trinajstić information content (AvgIpc) is 2.64. The third-order valence-electron chi connectivity index (χ3n) is 4.49. The monoisotopic (exact) mass is 454 g/mol. The number of carbonyl (C=O) groups is 1. The molecule has 2 aromatic carbocycles. The molecule has 1 aromatic heterocycles. The summed E-state index contributed by atoms with van der Waals surface area (Å²) in [5.41, 5.74) is 0.445. The topological polar surface area (TPSA) is 96.7 Å². The first kappa shape index (κ1) is 21.2. The van der Waals surface area contributed by atoms with E-state index < -0.39 is 27.0 Å². The van der Waals surface area contributed by atoms with Crippen LogP contribution < -0.4 is 9.84 Å². The zero-order chi connectivity index (χ0) is 21.5. The number of aromatic nitrogens is 1. The fourth-order valence-electron chi connectivity index (χ4n) is 2.92. The molecule has 0 spiro atoms. The van der Waals surface area contributed by atoms with E-state index >= 15 is 0 Å². The standard InChI is InChI=1S/C19H16Cl2N2O5S/c1-22(29(2,27)28)23-10-14(19(25)26)18(24)13-9-11(6-7-16(13)23)8-12-4-3-5-15(20)17(12)21/h3-7,9-10H,8H2,1-2H3,(H,25,26). The zero-order valence-electron chi connectivity index (χ0n) is 15.4. The second-order valence-corrected chi connectivity index (χ2v) is 9.24. The molecule has 0 aliphatic rings. The number of carboxylic acids is 1. The number of benzene rings is 2. The van der Waals surface area contributed by atoms with E-state index in [1.807, 2.05) is 0 Å². The molecule has 0 aliphatic carbocycles. The molecule has 0 unspecified atom stereocenters. The highest BCUT2D eigenvalue weighted by molar-refractivity contribution is 7.91. The van der Waals surface area contributed by atoms with Gasteiger partial charge in [0.1, 0.15) is 5.56 Å². The summed E-state index contributed by atoms with van der Waals surface area (Å²) in [6.45, 7) is 0. The first-order valence-corrected chi connectivity index (χ1v) is 10.9. The van der Waals surface area contributed by atoms with Crippen LogP contribution in [0, 0.1) is 0 Å². The molecule has 0 saturated heterocycles. The number of fused-ring (bicyclic) bond motifs is 1. The van der Waals surface area contributed by atoms with E-state index in [4.69, 9.17) is 23.2 Å². The summed E-state index contributed by atoms with van der Waals surface area (Å²) in [7, 11) is -2.43. The molecule has 3 rings (SSSR count). The van der Waals surface area contributed by atoms with Crippen molar-refractivity contribution in [1.82, 2.24) is 4.68 Å². The Morgan fingerprint density at radius 2 is 1.90 bits per heavy atom. The summed E-state index contributed by atoms with van der Waals surface area (Å²) in [4.78, 5) is 24.2. The molecule has 1 heterocycles. The van der Waals surface area contributed by atoms with Gasteiger partial charge in [-0.3, -0.25) is 9.47 Å². The fourth-order valence-corrected chi connectivity index (χ4v) is 3.76. The van der Waals surface area contributed by atoms with Gasteiger partial charge >= 0.3 is 5.97 Å². The summed E-state index contributed by atoms with van der Waals surface area (Å²) in [5.74, 6) is -1.45. The Bertz CT molecular complexity index is 1300. The lowest BCUT2D eigenvalue weighted by atomic mass is 10.0. The Labute approximate surface area is 176 Å². The maximum absolute atomic E-state index is 12.7. The van der Waals surface area contributed by atoms with Crippen LogP contribution in [0.1, 0.15) is 21.5 Å². The van der Waals surface area contributed by atoms with Crippen LogP contribution in [0.4, 0.5) is 0 Å². The smallest absolute Gasteiger partial charge is 0.341 e. The average molecular weight is 455 g/mol. The highest BCUT2D eigenvalue weighted by atomic mass is 35.5. The van der Waals surface area contributed by atoms with Gasteiger partial charge in [0, 0.05) is 18.6 Å². The van der Waals surface area contributed by atoms with Crippen molar-refractivity contribution in [3.63, 3.8) is 0 Å². The lowest BCUT2D eigenvalue weighted by Gasteiger charge is -2.22. The Morgan fingerprint density at radius 1 is 1.21 bits per heavy atom. The first-order valence-electron chi connectivity index (χ1n) is 8.29. The summed E-state index contributed by atoms with van der Waals surface area (Å²) in [6, 6.07) is 10.0. The molecule has 0 bridgehead atoms. The van der Waals surface area contributed by atoms with Crippen molar-refractivity contribution in [2.75, 3.05) is 17.7 Å². The van der Waals surface area contributed by atoms with Gasteiger partial charge in [0.05, 0.1) is 21.8 Å². The van der Waals surface area contributed by atoms with Crippen LogP contribution in [0.15, 0.2) is 47.4 Å². The Morgan fingerprint density at radius 3 is 2.52 bits per heavy atom. The Hall–Kier alpha value is -2.55. The number of hydrogen-bond donors (Lipinski definition) is 1. The molecule has 0 saturated carbocycles. The molecule has 0 radical (unpaired) electrons. The zero-order valence-corrected chi connectivity index (χ0v) is 17.7. The molecule has 0 fully saturated rings. The minimum Gasteiger partial charge on any atom is -0.477 e. The van der Waals surface area contributed by atoms with Gasteiger partial charge in [0.25, 0.3) is 0 Å². The van der Waals surface area contributed by atoms with Gasteiger partial charge in [-0.05, 0) is 35.7 Å². The molecule has 0 aliphatic heterocycles. The highest BCUT2D eigenvalue weighted by Crippen LogP contribution is 2.28. The number of sulfonamides is 1. The van der Waals surface area contributed by atoms with Gasteiger partial charge in [-0.1, -0.05) is 41.4 Å².